The van der Waals surface area contributed by atoms with Gasteiger partial charge in [0.15, 0.2) is 6.29 Å². The van der Waals surface area contributed by atoms with Gasteiger partial charge in [0, 0.05) is 0 Å². The van der Waals surface area contributed by atoms with Crippen molar-refractivity contribution in [1.29, 1.82) is 0 Å². The van der Waals surface area contributed by atoms with Crippen molar-refractivity contribution in [3.05, 3.63) is 0 Å². The fourth-order valence-corrected chi connectivity index (χ4v) is 2.25. The number of ether oxygens (including phenoxy) is 4. The molecule has 16 heavy (non-hydrogen) atoms. The molecule has 0 amide bonds. The maximum Gasteiger partial charge on any atom is 0.181 e. The van der Waals surface area contributed by atoms with E-state index in [1.165, 1.54) is 25.7 Å². The largest absolute Gasteiger partial charge is 0.375 e. The van der Waals surface area contributed by atoms with Crippen LogP contribution >= 0.6 is 0 Å². The Balaban J connectivity index is 1.28. The molecule has 2 aliphatic heterocycles. The minimum atomic E-state index is 0.112. The van der Waals surface area contributed by atoms with Crippen molar-refractivity contribution in [1.82, 2.24) is 0 Å². The first-order chi connectivity index (χ1) is 7.90. The van der Waals surface area contributed by atoms with Crippen LogP contribution in [0.2, 0.25) is 0 Å². The van der Waals surface area contributed by atoms with Crippen LogP contribution in [0.5, 0.6) is 0 Å². The van der Waals surface area contributed by atoms with Crippen molar-refractivity contribution >= 4 is 0 Å². The van der Waals surface area contributed by atoms with Crippen molar-refractivity contribution < 1.29 is 18.9 Å². The summed E-state index contributed by atoms with van der Waals surface area (Å²) in [6.07, 6.45) is 5.76. The monoisotopic (exact) mass is 228 g/mol. The van der Waals surface area contributed by atoms with Gasteiger partial charge in [-0.25, -0.2) is 0 Å². The summed E-state index contributed by atoms with van der Waals surface area (Å²) in [5, 5.41) is 0. The molecule has 4 heteroatoms. The molecular weight excluding hydrogens is 208 g/mol. The van der Waals surface area contributed by atoms with Gasteiger partial charge in [0.25, 0.3) is 0 Å². The predicted octanol–water partition coefficient (Wildman–Crippen LogP) is 1.33. The zero-order valence-electron chi connectivity index (χ0n) is 9.60. The summed E-state index contributed by atoms with van der Waals surface area (Å²) in [6.45, 7) is 3.34. The van der Waals surface area contributed by atoms with Gasteiger partial charge in [-0.3, -0.25) is 0 Å². The molecule has 2 atom stereocenters. The van der Waals surface area contributed by atoms with Gasteiger partial charge >= 0.3 is 0 Å². The molecule has 0 radical (unpaired) electrons. The summed E-state index contributed by atoms with van der Waals surface area (Å²) in [7, 11) is 0. The van der Waals surface area contributed by atoms with Crippen LogP contribution in [0.15, 0.2) is 0 Å². The van der Waals surface area contributed by atoms with E-state index in [9.17, 15) is 0 Å². The quantitative estimate of drug-likeness (QED) is 0.643. The molecule has 92 valence electrons. The second kappa shape index (κ2) is 5.00. The summed E-state index contributed by atoms with van der Waals surface area (Å²) in [6, 6.07) is 0. The fourth-order valence-electron chi connectivity index (χ4n) is 2.25. The maximum atomic E-state index is 5.80. The third-order valence-electron chi connectivity index (χ3n) is 3.53. The molecule has 0 aromatic heterocycles. The molecule has 3 rings (SSSR count). The highest BCUT2D eigenvalue weighted by Crippen LogP contribution is 2.28. The molecule has 3 aliphatic rings. The third kappa shape index (κ3) is 3.42. The predicted molar refractivity (Wildman–Crippen MR) is 57.1 cm³/mol. The summed E-state index contributed by atoms with van der Waals surface area (Å²) in [4.78, 5) is 0. The zero-order valence-corrected chi connectivity index (χ0v) is 9.60. The Kier molecular flexibility index (Phi) is 3.43. The Morgan fingerprint density at radius 2 is 1.62 bits per heavy atom. The van der Waals surface area contributed by atoms with Crippen LogP contribution in [0.1, 0.15) is 25.7 Å². The van der Waals surface area contributed by atoms with E-state index in [1.54, 1.807) is 0 Å². The summed E-state index contributed by atoms with van der Waals surface area (Å²) in [5.41, 5.74) is 0. The second-order valence-corrected chi connectivity index (χ2v) is 5.03. The minimum absolute atomic E-state index is 0.112. The van der Waals surface area contributed by atoms with Gasteiger partial charge < -0.3 is 18.9 Å². The lowest BCUT2D eigenvalue weighted by molar-refractivity contribution is -0.0176. The Labute approximate surface area is 96.2 Å². The standard InChI is InChI=1S/C12H20O4/c1-3-10(13-6-11-7-14-11)4-2-9(1)5-15-12-8-16-12/h9-12H,1-8H2. The van der Waals surface area contributed by atoms with Gasteiger partial charge in [-0.1, -0.05) is 0 Å². The van der Waals surface area contributed by atoms with E-state index >= 15 is 0 Å². The van der Waals surface area contributed by atoms with Gasteiger partial charge in [-0.2, -0.15) is 0 Å². The zero-order chi connectivity index (χ0) is 10.8. The highest BCUT2D eigenvalue weighted by molar-refractivity contribution is 4.75. The number of hydrogen-bond donors (Lipinski definition) is 0. The van der Waals surface area contributed by atoms with E-state index in [1.807, 2.05) is 0 Å². The molecule has 1 aliphatic carbocycles. The van der Waals surface area contributed by atoms with E-state index in [2.05, 4.69) is 0 Å². The molecule has 0 spiro atoms. The SMILES string of the molecule is C1CC(OCC2CO2)CCC1COC1CO1. The Morgan fingerprint density at radius 3 is 2.25 bits per heavy atom. The van der Waals surface area contributed by atoms with Crippen molar-refractivity contribution in [3.63, 3.8) is 0 Å². The molecule has 0 bridgehead atoms. The maximum absolute atomic E-state index is 5.80. The van der Waals surface area contributed by atoms with Crippen LogP contribution in [0.4, 0.5) is 0 Å². The van der Waals surface area contributed by atoms with E-state index in [4.69, 9.17) is 18.9 Å². The lowest BCUT2D eigenvalue weighted by Gasteiger charge is -2.28. The Hall–Kier alpha value is -0.160. The van der Waals surface area contributed by atoms with Crippen LogP contribution in [0.25, 0.3) is 0 Å². The van der Waals surface area contributed by atoms with Crippen LogP contribution in [-0.2, 0) is 18.9 Å². The average molecular weight is 228 g/mol. The van der Waals surface area contributed by atoms with Crippen molar-refractivity contribution in [2.75, 3.05) is 26.4 Å². The van der Waals surface area contributed by atoms with Gasteiger partial charge in [0.2, 0.25) is 0 Å². The molecule has 4 nitrogen and oxygen atoms in total. The average Bonchev–Trinajstić information content (AvgIpc) is 3.17. The topological polar surface area (TPSA) is 43.5 Å². The van der Waals surface area contributed by atoms with Gasteiger partial charge in [0.05, 0.1) is 25.9 Å². The lowest BCUT2D eigenvalue weighted by Crippen LogP contribution is -2.25. The van der Waals surface area contributed by atoms with Crippen LogP contribution in [0.3, 0.4) is 0 Å². The first-order valence-corrected chi connectivity index (χ1v) is 6.36. The summed E-state index contributed by atoms with van der Waals surface area (Å²) >= 11 is 0. The smallest absolute Gasteiger partial charge is 0.181 e. The molecular formula is C12H20O4. The summed E-state index contributed by atoms with van der Waals surface area (Å²) < 4.78 is 21.5. The number of rotatable bonds is 6. The van der Waals surface area contributed by atoms with E-state index in [0.717, 1.165) is 26.4 Å². The molecule has 3 fully saturated rings. The first-order valence-electron chi connectivity index (χ1n) is 6.36. The minimum Gasteiger partial charge on any atom is -0.375 e. The van der Waals surface area contributed by atoms with Crippen molar-refractivity contribution in [3.8, 4) is 0 Å². The van der Waals surface area contributed by atoms with E-state index in [-0.39, 0.29) is 6.29 Å². The van der Waals surface area contributed by atoms with Gasteiger partial charge in [-0.05, 0) is 31.6 Å². The Morgan fingerprint density at radius 1 is 0.875 bits per heavy atom. The van der Waals surface area contributed by atoms with Crippen molar-refractivity contribution in [2.45, 2.75) is 44.2 Å². The van der Waals surface area contributed by atoms with Crippen LogP contribution < -0.4 is 0 Å². The molecule has 0 N–H and O–H groups in total. The first kappa shape index (κ1) is 11.0. The Bertz CT molecular complexity index is 193. The fraction of sp³-hybridized carbons (Fsp3) is 1.00. The molecule has 1 saturated carbocycles. The summed E-state index contributed by atoms with van der Waals surface area (Å²) in [5.74, 6) is 0.709. The molecule has 2 heterocycles. The van der Waals surface area contributed by atoms with E-state index < -0.39 is 0 Å². The number of epoxide rings is 2. The van der Waals surface area contributed by atoms with Gasteiger partial charge in [0.1, 0.15) is 12.7 Å². The van der Waals surface area contributed by atoms with Crippen LogP contribution in [0, 0.1) is 5.92 Å². The third-order valence-corrected chi connectivity index (χ3v) is 3.53. The second-order valence-electron chi connectivity index (χ2n) is 5.03. The molecule has 0 aromatic carbocycles. The normalized spacial score (nSPS) is 42.0. The highest BCUT2D eigenvalue weighted by atomic mass is 16.8. The molecule has 2 unspecified atom stereocenters. The van der Waals surface area contributed by atoms with Crippen molar-refractivity contribution in [2.24, 2.45) is 5.92 Å². The lowest BCUT2D eigenvalue weighted by atomic mass is 9.88. The van der Waals surface area contributed by atoms with E-state index in [0.29, 0.717) is 18.1 Å². The number of hydrogen-bond acceptors (Lipinski definition) is 4. The molecule has 0 aromatic rings. The van der Waals surface area contributed by atoms with Crippen LogP contribution in [-0.4, -0.2) is 44.9 Å². The van der Waals surface area contributed by atoms with Gasteiger partial charge in [-0.15, -0.1) is 0 Å². The molecule has 2 saturated heterocycles. The highest BCUT2D eigenvalue weighted by Gasteiger charge is 2.29.